The van der Waals surface area contributed by atoms with Crippen LogP contribution in [0.25, 0.3) is 10.9 Å². The van der Waals surface area contributed by atoms with Gasteiger partial charge >= 0.3 is 12.0 Å². The number of nitrogens with one attached hydrogen (secondary N) is 1. The summed E-state index contributed by atoms with van der Waals surface area (Å²) in [4.78, 5) is 42.2. The minimum Gasteiger partial charge on any atom is -0.477 e. The third kappa shape index (κ3) is 3.58. The Morgan fingerprint density at radius 1 is 1.00 bits per heavy atom. The van der Waals surface area contributed by atoms with Crippen LogP contribution < -0.4 is 4.90 Å². The number of aromatic carboxylic acids is 1. The molecule has 154 valence electrons. The Kier molecular flexibility index (Phi) is 5.32. The molecule has 1 aromatic heterocycles. The van der Waals surface area contributed by atoms with E-state index < -0.39 is 17.9 Å². The van der Waals surface area contributed by atoms with Crippen molar-refractivity contribution in [2.45, 2.75) is 6.54 Å². The number of halogens is 4. The van der Waals surface area contributed by atoms with E-state index in [-0.39, 0.29) is 45.1 Å². The van der Waals surface area contributed by atoms with Crippen LogP contribution in [0, 0.1) is 0 Å². The molecule has 0 saturated carbocycles. The van der Waals surface area contributed by atoms with E-state index in [1.165, 1.54) is 35.2 Å². The van der Waals surface area contributed by atoms with Crippen LogP contribution >= 0.6 is 46.4 Å². The SMILES string of the molecule is O=C(O)c1[nH]c2cc(Cl)cc(Cl)c2c1CN1CC(=O)N(c2cc(Cl)cc(Cl)c2)C1=O. The number of H-pyrrole nitrogens is 1. The monoisotopic (exact) mass is 485 g/mol. The number of hydrogen-bond donors (Lipinski definition) is 2. The van der Waals surface area contributed by atoms with Crippen molar-refractivity contribution < 1.29 is 19.5 Å². The Morgan fingerprint density at radius 3 is 2.27 bits per heavy atom. The van der Waals surface area contributed by atoms with Crippen molar-refractivity contribution >= 4 is 80.9 Å². The molecule has 2 N–H and O–H groups in total. The van der Waals surface area contributed by atoms with Gasteiger partial charge in [0.15, 0.2) is 0 Å². The number of rotatable bonds is 4. The van der Waals surface area contributed by atoms with Gasteiger partial charge in [-0.15, -0.1) is 0 Å². The number of fused-ring (bicyclic) bond motifs is 1. The summed E-state index contributed by atoms with van der Waals surface area (Å²) in [5, 5.41) is 11.1. The van der Waals surface area contributed by atoms with Crippen LogP contribution in [0.3, 0.4) is 0 Å². The van der Waals surface area contributed by atoms with Crippen molar-refractivity contribution in [2.24, 2.45) is 0 Å². The summed E-state index contributed by atoms with van der Waals surface area (Å²) in [5.74, 6) is -1.73. The molecule has 0 radical (unpaired) electrons. The van der Waals surface area contributed by atoms with E-state index in [9.17, 15) is 19.5 Å². The summed E-state index contributed by atoms with van der Waals surface area (Å²) in [7, 11) is 0. The molecule has 2 heterocycles. The van der Waals surface area contributed by atoms with Gasteiger partial charge in [-0.3, -0.25) is 4.79 Å². The fraction of sp³-hybridized carbons (Fsp3) is 0.105. The number of nitrogens with zero attached hydrogens (tertiary/aromatic N) is 2. The lowest BCUT2D eigenvalue weighted by atomic mass is 10.1. The minimum absolute atomic E-state index is 0.140. The molecular weight excluding hydrogens is 476 g/mol. The van der Waals surface area contributed by atoms with Gasteiger partial charge in [-0.2, -0.15) is 0 Å². The molecule has 3 amide bonds. The molecule has 11 heteroatoms. The average molecular weight is 487 g/mol. The van der Waals surface area contributed by atoms with Gasteiger partial charge in [0.05, 0.1) is 17.3 Å². The second-order valence-electron chi connectivity index (χ2n) is 6.59. The zero-order valence-electron chi connectivity index (χ0n) is 14.9. The number of carbonyl (C=O) groups excluding carboxylic acids is 2. The van der Waals surface area contributed by atoms with Crippen molar-refractivity contribution in [1.82, 2.24) is 9.88 Å². The van der Waals surface area contributed by atoms with Gasteiger partial charge in [0.25, 0.3) is 5.91 Å². The Bertz CT molecular complexity index is 1220. The average Bonchev–Trinajstić information content (AvgIpc) is 3.12. The predicted molar refractivity (Wildman–Crippen MR) is 115 cm³/mol. The number of carbonyl (C=O) groups is 3. The molecule has 1 aliphatic heterocycles. The molecule has 4 rings (SSSR count). The lowest BCUT2D eigenvalue weighted by Crippen LogP contribution is -2.33. The van der Waals surface area contributed by atoms with Gasteiger partial charge in [-0.1, -0.05) is 46.4 Å². The lowest BCUT2D eigenvalue weighted by molar-refractivity contribution is -0.116. The van der Waals surface area contributed by atoms with Gasteiger partial charge in [0.2, 0.25) is 0 Å². The van der Waals surface area contributed by atoms with Crippen LogP contribution in [0.1, 0.15) is 16.1 Å². The summed E-state index contributed by atoms with van der Waals surface area (Å²) in [6.45, 7) is -0.405. The highest BCUT2D eigenvalue weighted by Crippen LogP contribution is 2.35. The Labute approximate surface area is 189 Å². The maximum atomic E-state index is 13.0. The number of urea groups is 1. The Hall–Kier alpha value is -2.45. The number of benzene rings is 2. The van der Waals surface area contributed by atoms with E-state index >= 15 is 0 Å². The van der Waals surface area contributed by atoms with E-state index in [1.54, 1.807) is 0 Å². The molecule has 0 unspecified atom stereocenters. The normalized spacial score (nSPS) is 14.3. The van der Waals surface area contributed by atoms with E-state index in [0.29, 0.717) is 15.9 Å². The van der Waals surface area contributed by atoms with Crippen LogP contribution in [0.2, 0.25) is 20.1 Å². The number of aromatic amines is 1. The number of anilines is 1. The Morgan fingerprint density at radius 2 is 1.63 bits per heavy atom. The second kappa shape index (κ2) is 7.67. The van der Waals surface area contributed by atoms with Gasteiger partial charge in [-0.05, 0) is 30.3 Å². The van der Waals surface area contributed by atoms with E-state index in [0.717, 1.165) is 4.90 Å². The first-order valence-corrected chi connectivity index (χ1v) is 9.97. The molecule has 0 spiro atoms. The molecule has 0 bridgehead atoms. The molecule has 0 atom stereocenters. The molecule has 0 aliphatic carbocycles. The zero-order chi connectivity index (χ0) is 21.7. The molecule has 30 heavy (non-hydrogen) atoms. The number of imide groups is 1. The number of hydrogen-bond acceptors (Lipinski definition) is 3. The minimum atomic E-state index is -1.23. The number of carboxylic acid groups (broad SMARTS) is 1. The molecule has 3 aromatic rings. The van der Waals surface area contributed by atoms with E-state index in [1.807, 2.05) is 0 Å². The highest BCUT2D eigenvalue weighted by molar-refractivity contribution is 6.39. The van der Waals surface area contributed by atoms with Gasteiger partial charge in [0, 0.05) is 31.5 Å². The van der Waals surface area contributed by atoms with E-state index in [4.69, 9.17) is 46.4 Å². The largest absolute Gasteiger partial charge is 0.477 e. The summed E-state index contributed by atoms with van der Waals surface area (Å²) < 4.78 is 0. The molecule has 2 aromatic carbocycles. The van der Waals surface area contributed by atoms with E-state index in [2.05, 4.69) is 4.98 Å². The molecular formula is C19H11Cl4N3O4. The summed E-state index contributed by atoms with van der Waals surface area (Å²) >= 11 is 24.3. The third-order valence-electron chi connectivity index (χ3n) is 4.62. The van der Waals surface area contributed by atoms with Crippen molar-refractivity contribution in [3.8, 4) is 0 Å². The molecule has 1 saturated heterocycles. The maximum absolute atomic E-state index is 13.0. The summed E-state index contributed by atoms with van der Waals surface area (Å²) in [6, 6.07) is 6.75. The van der Waals surface area contributed by atoms with Crippen molar-refractivity contribution in [1.29, 1.82) is 0 Å². The summed E-state index contributed by atoms with van der Waals surface area (Å²) in [5.41, 5.74) is 0.772. The fourth-order valence-corrected chi connectivity index (χ4v) is 4.56. The highest BCUT2D eigenvalue weighted by Gasteiger charge is 2.38. The number of carboxylic acids is 1. The molecule has 1 fully saturated rings. The topological polar surface area (TPSA) is 93.7 Å². The van der Waals surface area contributed by atoms with Crippen LogP contribution in [-0.2, 0) is 11.3 Å². The highest BCUT2D eigenvalue weighted by atomic mass is 35.5. The van der Waals surface area contributed by atoms with Gasteiger partial charge in [-0.25, -0.2) is 14.5 Å². The molecule has 7 nitrogen and oxygen atoms in total. The first-order chi connectivity index (χ1) is 14.2. The van der Waals surface area contributed by atoms with Crippen molar-refractivity contribution in [3.63, 3.8) is 0 Å². The summed E-state index contributed by atoms with van der Waals surface area (Å²) in [6.07, 6.45) is 0. The predicted octanol–water partition coefficient (Wildman–Crippen LogP) is 5.45. The second-order valence-corrected chi connectivity index (χ2v) is 8.31. The maximum Gasteiger partial charge on any atom is 0.352 e. The van der Waals surface area contributed by atoms with Crippen LogP contribution in [0.15, 0.2) is 30.3 Å². The number of aromatic nitrogens is 1. The first-order valence-electron chi connectivity index (χ1n) is 8.46. The smallest absolute Gasteiger partial charge is 0.352 e. The van der Waals surface area contributed by atoms with Crippen molar-refractivity contribution in [2.75, 3.05) is 11.4 Å². The Balaban J connectivity index is 1.74. The first kappa shape index (κ1) is 20.8. The van der Waals surface area contributed by atoms with Gasteiger partial charge in [0.1, 0.15) is 12.2 Å². The van der Waals surface area contributed by atoms with Crippen molar-refractivity contribution in [3.05, 3.63) is 61.7 Å². The van der Waals surface area contributed by atoms with Crippen LogP contribution in [-0.4, -0.2) is 39.4 Å². The van der Waals surface area contributed by atoms with Crippen LogP contribution in [0.5, 0.6) is 0 Å². The quantitative estimate of drug-likeness (QED) is 0.479. The number of amides is 3. The zero-order valence-corrected chi connectivity index (χ0v) is 17.9. The lowest BCUT2D eigenvalue weighted by Gasteiger charge is -2.18. The fourth-order valence-electron chi connectivity index (χ4n) is 3.44. The van der Waals surface area contributed by atoms with Gasteiger partial charge < -0.3 is 15.0 Å². The standard InChI is InChI=1S/C19H11Cl4N3O4/c20-8-1-9(21)3-11(2-8)26-15(27)7-25(19(26)30)6-12-16-13(23)4-10(22)5-14(16)24-17(12)18(28)29/h1-5,24H,6-7H2,(H,28,29). The molecule has 1 aliphatic rings. The third-order valence-corrected chi connectivity index (χ3v) is 5.58. The van der Waals surface area contributed by atoms with Crippen LogP contribution in [0.4, 0.5) is 10.5 Å².